The monoisotopic (exact) mass is 263 g/mol. The largest absolute Gasteiger partial charge is 0.378 e. The molecule has 1 saturated heterocycles. The first-order valence-electron chi connectivity index (χ1n) is 6.72. The molecular weight excluding hydrogens is 242 g/mol. The Morgan fingerprint density at radius 1 is 1.53 bits per heavy atom. The number of hydrogen-bond acceptors (Lipinski definition) is 3. The molecule has 2 N–H and O–H groups in total. The van der Waals surface area contributed by atoms with Gasteiger partial charge in [-0.3, -0.25) is 4.79 Å². The third-order valence-corrected chi connectivity index (χ3v) is 3.50. The van der Waals surface area contributed by atoms with E-state index in [0.29, 0.717) is 12.1 Å². The lowest BCUT2D eigenvalue weighted by Gasteiger charge is -2.16. The van der Waals surface area contributed by atoms with E-state index in [-0.39, 0.29) is 12.0 Å². The predicted octanol–water partition coefficient (Wildman–Crippen LogP) is 1.63. The molecule has 0 saturated carbocycles. The molecule has 0 spiro atoms. The van der Waals surface area contributed by atoms with Gasteiger partial charge in [0.1, 0.15) is 0 Å². The number of nitrogens with one attached hydrogen (secondary N) is 1. The first kappa shape index (κ1) is 14.0. The summed E-state index contributed by atoms with van der Waals surface area (Å²) >= 11 is 0. The summed E-state index contributed by atoms with van der Waals surface area (Å²) in [5, 5.41) is 12.8. The second kappa shape index (κ2) is 6.17. The Bertz CT molecular complexity index is 453. The molecule has 1 aliphatic heterocycles. The van der Waals surface area contributed by atoms with Gasteiger partial charge < -0.3 is 15.2 Å². The van der Waals surface area contributed by atoms with Gasteiger partial charge in [0.05, 0.1) is 6.10 Å². The quantitative estimate of drug-likeness (QED) is 0.868. The highest BCUT2D eigenvalue weighted by atomic mass is 16.5. The van der Waals surface area contributed by atoms with Crippen LogP contribution in [0, 0.1) is 13.8 Å². The molecule has 1 aromatic rings. The van der Waals surface area contributed by atoms with Gasteiger partial charge in [0.25, 0.3) is 5.91 Å². The third kappa shape index (κ3) is 3.55. The third-order valence-electron chi connectivity index (χ3n) is 3.50. The highest BCUT2D eigenvalue weighted by molar-refractivity contribution is 5.82. The Morgan fingerprint density at radius 2 is 2.32 bits per heavy atom. The van der Waals surface area contributed by atoms with Crippen molar-refractivity contribution >= 4 is 5.91 Å². The topological polar surface area (TPSA) is 58.6 Å². The van der Waals surface area contributed by atoms with E-state index in [0.717, 1.165) is 30.6 Å². The minimum atomic E-state index is -1.11. The lowest BCUT2D eigenvalue weighted by atomic mass is 10.0. The number of aliphatic hydroxyl groups excluding tert-OH is 1. The van der Waals surface area contributed by atoms with Gasteiger partial charge in [-0.2, -0.15) is 0 Å². The van der Waals surface area contributed by atoms with Gasteiger partial charge in [0, 0.05) is 13.2 Å². The van der Waals surface area contributed by atoms with Gasteiger partial charge >= 0.3 is 0 Å². The molecule has 2 unspecified atom stereocenters. The Morgan fingerprint density at radius 3 is 2.95 bits per heavy atom. The highest BCUT2D eigenvalue weighted by Gasteiger charge is 2.21. The number of carbonyl (C=O) groups excluding carboxylic acids is 1. The zero-order valence-corrected chi connectivity index (χ0v) is 11.5. The van der Waals surface area contributed by atoms with Crippen LogP contribution in [0.1, 0.15) is 35.6 Å². The van der Waals surface area contributed by atoms with Gasteiger partial charge in [-0.15, -0.1) is 0 Å². The first-order valence-corrected chi connectivity index (χ1v) is 6.72. The second-order valence-corrected chi connectivity index (χ2v) is 5.14. The summed E-state index contributed by atoms with van der Waals surface area (Å²) in [5.74, 6) is -0.359. The van der Waals surface area contributed by atoms with Crippen LogP contribution >= 0.6 is 0 Å². The molecule has 1 aromatic carbocycles. The summed E-state index contributed by atoms with van der Waals surface area (Å²) in [5.41, 5.74) is 2.71. The summed E-state index contributed by atoms with van der Waals surface area (Å²) in [6.45, 7) is 5.13. The number of rotatable bonds is 4. The van der Waals surface area contributed by atoms with Crippen LogP contribution in [0.15, 0.2) is 18.2 Å². The zero-order chi connectivity index (χ0) is 13.8. The Labute approximate surface area is 113 Å². The van der Waals surface area contributed by atoms with Crippen molar-refractivity contribution in [2.45, 2.75) is 38.9 Å². The molecule has 2 atom stereocenters. The summed E-state index contributed by atoms with van der Waals surface area (Å²) in [4.78, 5) is 11.9. The fourth-order valence-corrected chi connectivity index (χ4v) is 2.39. The van der Waals surface area contributed by atoms with Crippen molar-refractivity contribution < 1.29 is 14.6 Å². The average molecular weight is 263 g/mol. The van der Waals surface area contributed by atoms with E-state index in [2.05, 4.69) is 5.32 Å². The first-order chi connectivity index (χ1) is 9.08. The number of aliphatic hydroxyl groups is 1. The molecular formula is C15H21NO3. The number of amides is 1. The molecule has 2 rings (SSSR count). The molecule has 0 radical (unpaired) electrons. The van der Waals surface area contributed by atoms with Crippen molar-refractivity contribution in [2.24, 2.45) is 0 Å². The van der Waals surface area contributed by atoms with E-state index < -0.39 is 6.10 Å². The summed E-state index contributed by atoms with van der Waals surface area (Å²) in [6.07, 6.45) is 0.998. The van der Waals surface area contributed by atoms with Gasteiger partial charge in [0.2, 0.25) is 0 Å². The summed E-state index contributed by atoms with van der Waals surface area (Å²) in [7, 11) is 0. The number of aryl methyl sites for hydroxylation is 2. The van der Waals surface area contributed by atoms with E-state index in [1.54, 1.807) is 6.07 Å². The van der Waals surface area contributed by atoms with Crippen LogP contribution in [0.25, 0.3) is 0 Å². The molecule has 0 aromatic heterocycles. The van der Waals surface area contributed by atoms with Crippen molar-refractivity contribution in [2.75, 3.05) is 13.2 Å². The van der Waals surface area contributed by atoms with Crippen LogP contribution in [0.5, 0.6) is 0 Å². The normalized spacial score (nSPS) is 20.3. The molecule has 1 fully saturated rings. The van der Waals surface area contributed by atoms with Crippen LogP contribution in [0.3, 0.4) is 0 Å². The Balaban J connectivity index is 1.94. The van der Waals surface area contributed by atoms with Crippen LogP contribution in [0.2, 0.25) is 0 Å². The molecule has 1 amide bonds. The standard InChI is InChI=1S/C15H21NO3/c1-10-5-6-13(11(2)8-10)14(17)15(18)16-9-12-4-3-7-19-12/h5-6,8,12,14,17H,3-4,7,9H2,1-2H3,(H,16,18). The Hall–Kier alpha value is -1.39. The highest BCUT2D eigenvalue weighted by Crippen LogP contribution is 2.19. The molecule has 19 heavy (non-hydrogen) atoms. The van der Waals surface area contributed by atoms with E-state index in [9.17, 15) is 9.90 Å². The minimum Gasteiger partial charge on any atom is -0.378 e. The van der Waals surface area contributed by atoms with Crippen LogP contribution in [-0.2, 0) is 9.53 Å². The van der Waals surface area contributed by atoms with Crippen LogP contribution < -0.4 is 5.32 Å². The van der Waals surface area contributed by atoms with Crippen molar-refractivity contribution in [3.8, 4) is 0 Å². The number of carbonyl (C=O) groups is 1. The van der Waals surface area contributed by atoms with E-state index in [1.165, 1.54) is 0 Å². The second-order valence-electron chi connectivity index (χ2n) is 5.14. The molecule has 4 heteroatoms. The fourth-order valence-electron chi connectivity index (χ4n) is 2.39. The maximum Gasteiger partial charge on any atom is 0.253 e. The molecule has 1 heterocycles. The van der Waals surface area contributed by atoms with Crippen molar-refractivity contribution in [1.29, 1.82) is 0 Å². The molecule has 1 aliphatic rings. The van der Waals surface area contributed by atoms with Gasteiger partial charge in [-0.05, 0) is 37.8 Å². The average Bonchev–Trinajstić information content (AvgIpc) is 2.88. The zero-order valence-electron chi connectivity index (χ0n) is 11.5. The lowest BCUT2D eigenvalue weighted by molar-refractivity contribution is -0.130. The van der Waals surface area contributed by atoms with Gasteiger partial charge in [-0.1, -0.05) is 23.8 Å². The van der Waals surface area contributed by atoms with E-state index in [4.69, 9.17) is 4.74 Å². The summed E-state index contributed by atoms with van der Waals surface area (Å²) < 4.78 is 5.43. The van der Waals surface area contributed by atoms with Gasteiger partial charge in [0.15, 0.2) is 6.10 Å². The molecule has 0 bridgehead atoms. The van der Waals surface area contributed by atoms with Gasteiger partial charge in [-0.25, -0.2) is 0 Å². The maximum absolute atomic E-state index is 11.9. The van der Waals surface area contributed by atoms with E-state index in [1.807, 2.05) is 26.0 Å². The fraction of sp³-hybridized carbons (Fsp3) is 0.533. The van der Waals surface area contributed by atoms with E-state index >= 15 is 0 Å². The predicted molar refractivity (Wildman–Crippen MR) is 72.9 cm³/mol. The minimum absolute atomic E-state index is 0.0928. The smallest absolute Gasteiger partial charge is 0.253 e. The van der Waals surface area contributed by atoms with Crippen LogP contribution in [-0.4, -0.2) is 30.3 Å². The number of ether oxygens (including phenoxy) is 1. The van der Waals surface area contributed by atoms with Crippen molar-refractivity contribution in [1.82, 2.24) is 5.32 Å². The van der Waals surface area contributed by atoms with Crippen molar-refractivity contribution in [3.05, 3.63) is 34.9 Å². The SMILES string of the molecule is Cc1ccc(C(O)C(=O)NCC2CCCO2)c(C)c1. The maximum atomic E-state index is 11.9. The molecule has 4 nitrogen and oxygen atoms in total. The lowest BCUT2D eigenvalue weighted by Crippen LogP contribution is -2.35. The van der Waals surface area contributed by atoms with Crippen molar-refractivity contribution in [3.63, 3.8) is 0 Å². The molecule has 0 aliphatic carbocycles. The van der Waals surface area contributed by atoms with Crippen LogP contribution in [0.4, 0.5) is 0 Å². The Kier molecular flexibility index (Phi) is 4.56. The molecule has 104 valence electrons. The number of benzene rings is 1. The number of hydrogen-bond donors (Lipinski definition) is 2. The summed E-state index contributed by atoms with van der Waals surface area (Å²) in [6, 6.07) is 5.67.